The zero-order chi connectivity index (χ0) is 15.5. The third-order valence-electron chi connectivity index (χ3n) is 3.80. The molecule has 1 aliphatic heterocycles. The van der Waals surface area contributed by atoms with Crippen molar-refractivity contribution >= 4 is 5.69 Å². The molecule has 21 heavy (non-hydrogen) atoms. The lowest BCUT2D eigenvalue weighted by atomic mass is 10.0. The summed E-state index contributed by atoms with van der Waals surface area (Å²) in [6, 6.07) is 4.36. The van der Waals surface area contributed by atoms with Crippen molar-refractivity contribution < 1.29 is 13.2 Å². The molecular weight excluding hydrogens is 277 g/mol. The van der Waals surface area contributed by atoms with Crippen LogP contribution in [0.25, 0.3) is 0 Å². The molecule has 0 bridgehead atoms. The summed E-state index contributed by atoms with van der Waals surface area (Å²) in [6.07, 6.45) is -0.861. The average molecular weight is 300 g/mol. The Labute approximate surface area is 124 Å². The number of benzene rings is 1. The van der Waals surface area contributed by atoms with Gasteiger partial charge in [-0.2, -0.15) is 13.2 Å². The number of nitrogens with zero attached hydrogens (tertiary/aromatic N) is 1. The number of anilines is 1. The van der Waals surface area contributed by atoms with E-state index in [1.54, 1.807) is 6.07 Å². The van der Waals surface area contributed by atoms with Crippen LogP contribution in [-0.4, -0.2) is 19.1 Å². The van der Waals surface area contributed by atoms with E-state index in [0.717, 1.165) is 37.2 Å². The SMILES string of the molecule is CC(C)NCc1cc(C(F)(F)F)ccc1N1CCCCC1. The monoisotopic (exact) mass is 300 g/mol. The lowest BCUT2D eigenvalue weighted by Gasteiger charge is -2.31. The Balaban J connectivity index is 2.28. The molecule has 0 saturated carbocycles. The number of piperidine rings is 1. The molecule has 0 atom stereocenters. The van der Waals surface area contributed by atoms with Crippen LogP contribution >= 0.6 is 0 Å². The summed E-state index contributed by atoms with van der Waals surface area (Å²) >= 11 is 0. The number of hydrogen-bond donors (Lipinski definition) is 1. The first-order valence-electron chi connectivity index (χ1n) is 7.56. The van der Waals surface area contributed by atoms with Crippen molar-refractivity contribution in [2.24, 2.45) is 0 Å². The Morgan fingerprint density at radius 3 is 2.38 bits per heavy atom. The quantitative estimate of drug-likeness (QED) is 0.897. The van der Waals surface area contributed by atoms with Crippen LogP contribution in [-0.2, 0) is 12.7 Å². The number of hydrogen-bond acceptors (Lipinski definition) is 2. The fourth-order valence-corrected chi connectivity index (χ4v) is 2.66. The van der Waals surface area contributed by atoms with Crippen LogP contribution in [0.15, 0.2) is 18.2 Å². The summed E-state index contributed by atoms with van der Waals surface area (Å²) in [4.78, 5) is 2.21. The van der Waals surface area contributed by atoms with Crippen molar-refractivity contribution in [3.8, 4) is 0 Å². The molecule has 1 aromatic carbocycles. The summed E-state index contributed by atoms with van der Waals surface area (Å²) < 4.78 is 38.7. The van der Waals surface area contributed by atoms with Gasteiger partial charge in [-0.25, -0.2) is 0 Å². The van der Waals surface area contributed by atoms with Crippen molar-refractivity contribution in [1.29, 1.82) is 0 Å². The van der Waals surface area contributed by atoms with Gasteiger partial charge in [0.25, 0.3) is 0 Å². The van der Waals surface area contributed by atoms with E-state index < -0.39 is 11.7 Å². The number of rotatable bonds is 4. The minimum absolute atomic E-state index is 0.244. The number of nitrogens with one attached hydrogen (secondary N) is 1. The topological polar surface area (TPSA) is 15.3 Å². The molecular formula is C16H23F3N2. The Bertz CT molecular complexity index is 463. The third-order valence-corrected chi connectivity index (χ3v) is 3.80. The Morgan fingerprint density at radius 1 is 1.14 bits per heavy atom. The smallest absolute Gasteiger partial charge is 0.371 e. The molecule has 0 aromatic heterocycles. The minimum Gasteiger partial charge on any atom is -0.371 e. The van der Waals surface area contributed by atoms with E-state index in [1.807, 2.05) is 13.8 Å². The Kier molecular flexibility index (Phi) is 5.14. The number of halogens is 3. The van der Waals surface area contributed by atoms with E-state index in [4.69, 9.17) is 0 Å². The largest absolute Gasteiger partial charge is 0.416 e. The van der Waals surface area contributed by atoms with Gasteiger partial charge in [0.2, 0.25) is 0 Å². The lowest BCUT2D eigenvalue weighted by Crippen LogP contribution is -2.31. The minimum atomic E-state index is -4.28. The van der Waals surface area contributed by atoms with Gasteiger partial charge in [0.15, 0.2) is 0 Å². The molecule has 0 unspecified atom stereocenters. The molecule has 1 N–H and O–H groups in total. The maximum atomic E-state index is 12.9. The van der Waals surface area contributed by atoms with Gasteiger partial charge in [-0.05, 0) is 43.0 Å². The van der Waals surface area contributed by atoms with Crippen LogP contribution in [0.3, 0.4) is 0 Å². The molecule has 118 valence electrons. The van der Waals surface area contributed by atoms with E-state index in [-0.39, 0.29) is 6.04 Å². The zero-order valence-corrected chi connectivity index (χ0v) is 12.6. The second kappa shape index (κ2) is 6.69. The molecule has 0 aliphatic carbocycles. The van der Waals surface area contributed by atoms with E-state index in [9.17, 15) is 13.2 Å². The maximum Gasteiger partial charge on any atom is 0.416 e. The highest BCUT2D eigenvalue weighted by Crippen LogP contribution is 2.33. The summed E-state index contributed by atoms with van der Waals surface area (Å²) in [7, 11) is 0. The molecule has 2 rings (SSSR count). The van der Waals surface area contributed by atoms with Gasteiger partial charge in [0.05, 0.1) is 5.56 Å². The second-order valence-electron chi connectivity index (χ2n) is 5.92. The fourth-order valence-electron chi connectivity index (χ4n) is 2.66. The van der Waals surface area contributed by atoms with Crippen LogP contribution in [0.1, 0.15) is 44.2 Å². The van der Waals surface area contributed by atoms with Crippen molar-refractivity contribution in [3.05, 3.63) is 29.3 Å². The molecule has 1 aliphatic rings. The second-order valence-corrected chi connectivity index (χ2v) is 5.92. The molecule has 0 radical (unpaired) electrons. The van der Waals surface area contributed by atoms with Gasteiger partial charge >= 0.3 is 6.18 Å². The van der Waals surface area contributed by atoms with Crippen LogP contribution in [0.5, 0.6) is 0 Å². The predicted molar refractivity (Wildman–Crippen MR) is 79.5 cm³/mol. The molecule has 5 heteroatoms. The predicted octanol–water partition coefficient (Wildman–Crippen LogP) is 4.19. The summed E-state index contributed by atoms with van der Waals surface area (Å²) in [5, 5.41) is 3.23. The van der Waals surface area contributed by atoms with Crippen molar-refractivity contribution in [2.45, 2.75) is 51.9 Å². The zero-order valence-electron chi connectivity index (χ0n) is 12.6. The van der Waals surface area contributed by atoms with Crippen molar-refractivity contribution in [1.82, 2.24) is 5.32 Å². The Morgan fingerprint density at radius 2 is 1.81 bits per heavy atom. The van der Waals surface area contributed by atoms with E-state index >= 15 is 0 Å². The maximum absolute atomic E-state index is 12.9. The fraction of sp³-hybridized carbons (Fsp3) is 0.625. The third kappa shape index (κ3) is 4.37. The first-order chi connectivity index (χ1) is 9.88. The molecule has 1 saturated heterocycles. The van der Waals surface area contributed by atoms with Crippen LogP contribution < -0.4 is 10.2 Å². The van der Waals surface area contributed by atoms with Gasteiger partial charge in [-0.3, -0.25) is 0 Å². The molecule has 0 amide bonds. The van der Waals surface area contributed by atoms with Crippen molar-refractivity contribution in [3.63, 3.8) is 0 Å². The highest BCUT2D eigenvalue weighted by molar-refractivity contribution is 5.55. The normalized spacial score (nSPS) is 16.6. The van der Waals surface area contributed by atoms with Gasteiger partial charge in [0.1, 0.15) is 0 Å². The van der Waals surface area contributed by atoms with Gasteiger partial charge in [-0.15, -0.1) is 0 Å². The van der Waals surface area contributed by atoms with Gasteiger partial charge < -0.3 is 10.2 Å². The molecule has 2 nitrogen and oxygen atoms in total. The number of alkyl halides is 3. The van der Waals surface area contributed by atoms with E-state index in [2.05, 4.69) is 10.2 Å². The highest BCUT2D eigenvalue weighted by atomic mass is 19.4. The van der Waals surface area contributed by atoms with E-state index in [0.29, 0.717) is 6.54 Å². The van der Waals surface area contributed by atoms with E-state index in [1.165, 1.54) is 18.6 Å². The molecule has 1 heterocycles. The summed E-state index contributed by atoms with van der Waals surface area (Å²) in [5.41, 5.74) is 1.11. The van der Waals surface area contributed by atoms with Gasteiger partial charge in [0, 0.05) is 31.4 Å². The van der Waals surface area contributed by atoms with Crippen molar-refractivity contribution in [2.75, 3.05) is 18.0 Å². The molecule has 1 aromatic rings. The Hall–Kier alpha value is -1.23. The molecule has 0 spiro atoms. The van der Waals surface area contributed by atoms with Crippen LogP contribution in [0, 0.1) is 0 Å². The summed E-state index contributed by atoms with van der Waals surface area (Å²) in [6.45, 7) is 6.32. The highest BCUT2D eigenvalue weighted by Gasteiger charge is 2.31. The van der Waals surface area contributed by atoms with Gasteiger partial charge in [-0.1, -0.05) is 13.8 Å². The first-order valence-corrected chi connectivity index (χ1v) is 7.56. The average Bonchev–Trinajstić information content (AvgIpc) is 2.44. The molecule has 1 fully saturated rings. The first kappa shape index (κ1) is 16.1. The lowest BCUT2D eigenvalue weighted by molar-refractivity contribution is -0.137. The van der Waals surface area contributed by atoms with Crippen LogP contribution in [0.4, 0.5) is 18.9 Å². The summed E-state index contributed by atoms with van der Waals surface area (Å²) in [5.74, 6) is 0. The van der Waals surface area contributed by atoms with Crippen LogP contribution in [0.2, 0.25) is 0 Å². The standard InChI is InChI=1S/C16H23F3N2/c1-12(2)20-11-13-10-14(16(17,18)19)6-7-15(13)21-8-4-3-5-9-21/h6-7,10,12,20H,3-5,8-9,11H2,1-2H3.